The summed E-state index contributed by atoms with van der Waals surface area (Å²) < 4.78 is 4.60. The summed E-state index contributed by atoms with van der Waals surface area (Å²) in [5.41, 5.74) is 8.76. The zero-order valence-electron chi connectivity index (χ0n) is 10.2. The standard InChI is InChI=1S/C14H16N2O2/c1-18-14(17)12(15)9-11-7-8-13(16-11)10-5-3-2-4-6-10/h2-8,12,16H,9,15H2,1H3. The molecule has 0 aliphatic carbocycles. The number of benzene rings is 1. The van der Waals surface area contributed by atoms with Crippen LogP contribution in [0, 0.1) is 0 Å². The number of rotatable bonds is 4. The van der Waals surface area contributed by atoms with Gasteiger partial charge in [-0.15, -0.1) is 0 Å². The van der Waals surface area contributed by atoms with Gasteiger partial charge in [-0.25, -0.2) is 0 Å². The maximum Gasteiger partial charge on any atom is 0.323 e. The van der Waals surface area contributed by atoms with Crippen molar-refractivity contribution in [2.75, 3.05) is 7.11 Å². The molecule has 0 spiro atoms. The van der Waals surface area contributed by atoms with Crippen LogP contribution in [-0.2, 0) is 16.0 Å². The molecule has 1 aromatic heterocycles. The van der Waals surface area contributed by atoms with Crippen LogP contribution in [0.2, 0.25) is 0 Å². The smallest absolute Gasteiger partial charge is 0.323 e. The Balaban J connectivity index is 2.09. The van der Waals surface area contributed by atoms with Gasteiger partial charge in [0, 0.05) is 17.8 Å². The molecule has 0 bridgehead atoms. The Morgan fingerprint density at radius 3 is 2.67 bits per heavy atom. The Bertz CT molecular complexity index is 520. The summed E-state index contributed by atoms with van der Waals surface area (Å²) in [6.07, 6.45) is 0.444. The molecule has 0 saturated heterocycles. The molecular weight excluding hydrogens is 228 g/mol. The van der Waals surface area contributed by atoms with E-state index in [1.807, 2.05) is 42.5 Å². The summed E-state index contributed by atoms with van der Waals surface area (Å²) in [6, 6.07) is 13.3. The van der Waals surface area contributed by atoms with Gasteiger partial charge in [0.05, 0.1) is 7.11 Å². The van der Waals surface area contributed by atoms with Crippen molar-refractivity contribution in [1.29, 1.82) is 0 Å². The monoisotopic (exact) mass is 244 g/mol. The lowest BCUT2D eigenvalue weighted by Crippen LogP contribution is -2.33. The number of hydrogen-bond acceptors (Lipinski definition) is 3. The first-order chi connectivity index (χ1) is 8.70. The minimum Gasteiger partial charge on any atom is -0.468 e. The topological polar surface area (TPSA) is 68.1 Å². The van der Waals surface area contributed by atoms with Crippen LogP contribution in [0.15, 0.2) is 42.5 Å². The van der Waals surface area contributed by atoms with Crippen LogP contribution in [0.25, 0.3) is 11.3 Å². The largest absolute Gasteiger partial charge is 0.468 e. The van der Waals surface area contributed by atoms with E-state index in [0.717, 1.165) is 17.0 Å². The van der Waals surface area contributed by atoms with Crippen LogP contribution in [0.3, 0.4) is 0 Å². The SMILES string of the molecule is COC(=O)C(N)Cc1ccc(-c2ccccc2)[nH]1. The van der Waals surface area contributed by atoms with E-state index in [1.165, 1.54) is 7.11 Å². The summed E-state index contributed by atoms with van der Waals surface area (Å²) in [5, 5.41) is 0. The highest BCUT2D eigenvalue weighted by molar-refractivity contribution is 5.75. The molecule has 2 aromatic rings. The van der Waals surface area contributed by atoms with E-state index in [4.69, 9.17) is 5.73 Å². The van der Waals surface area contributed by atoms with Crippen molar-refractivity contribution >= 4 is 5.97 Å². The molecule has 1 unspecified atom stereocenters. The fourth-order valence-corrected chi connectivity index (χ4v) is 1.82. The Kier molecular flexibility index (Phi) is 3.79. The van der Waals surface area contributed by atoms with Gasteiger partial charge in [0.1, 0.15) is 6.04 Å². The third kappa shape index (κ3) is 2.78. The lowest BCUT2D eigenvalue weighted by Gasteiger charge is -2.07. The lowest BCUT2D eigenvalue weighted by atomic mass is 10.2. The fraction of sp³-hybridized carbons (Fsp3) is 0.214. The molecule has 0 amide bonds. The van der Waals surface area contributed by atoms with Crippen LogP contribution in [0.5, 0.6) is 0 Å². The van der Waals surface area contributed by atoms with Gasteiger partial charge < -0.3 is 15.5 Å². The number of aromatic amines is 1. The van der Waals surface area contributed by atoms with Crippen molar-refractivity contribution < 1.29 is 9.53 Å². The van der Waals surface area contributed by atoms with E-state index in [0.29, 0.717) is 6.42 Å². The fourth-order valence-electron chi connectivity index (χ4n) is 1.82. The second-order valence-electron chi connectivity index (χ2n) is 4.10. The molecule has 0 aliphatic heterocycles. The van der Waals surface area contributed by atoms with E-state index >= 15 is 0 Å². The van der Waals surface area contributed by atoms with Crippen LogP contribution >= 0.6 is 0 Å². The maximum atomic E-state index is 11.2. The van der Waals surface area contributed by atoms with Crippen molar-refractivity contribution in [1.82, 2.24) is 4.98 Å². The van der Waals surface area contributed by atoms with Crippen molar-refractivity contribution in [3.63, 3.8) is 0 Å². The number of nitrogens with two attached hydrogens (primary N) is 1. The number of H-pyrrole nitrogens is 1. The molecule has 1 aromatic carbocycles. The Morgan fingerprint density at radius 1 is 1.28 bits per heavy atom. The van der Waals surface area contributed by atoms with Gasteiger partial charge in [0.2, 0.25) is 0 Å². The molecule has 4 heteroatoms. The predicted molar refractivity (Wildman–Crippen MR) is 69.9 cm³/mol. The van der Waals surface area contributed by atoms with Crippen LogP contribution in [0.1, 0.15) is 5.69 Å². The quantitative estimate of drug-likeness (QED) is 0.805. The van der Waals surface area contributed by atoms with Gasteiger partial charge in [-0.3, -0.25) is 4.79 Å². The predicted octanol–water partition coefficient (Wildman–Crippen LogP) is 1.72. The molecule has 94 valence electrons. The molecule has 0 fully saturated rings. The highest BCUT2D eigenvalue weighted by Crippen LogP contribution is 2.18. The number of aromatic nitrogens is 1. The van der Waals surface area contributed by atoms with Crippen LogP contribution < -0.4 is 5.73 Å². The molecule has 0 aliphatic rings. The number of carbonyl (C=O) groups is 1. The average Bonchev–Trinajstić information content (AvgIpc) is 2.87. The highest BCUT2D eigenvalue weighted by Gasteiger charge is 2.15. The third-order valence-corrected chi connectivity index (χ3v) is 2.77. The van der Waals surface area contributed by atoms with E-state index in [2.05, 4.69) is 9.72 Å². The summed E-state index contributed by atoms with van der Waals surface area (Å²) in [6.45, 7) is 0. The zero-order chi connectivity index (χ0) is 13.0. The first-order valence-corrected chi connectivity index (χ1v) is 5.77. The van der Waals surface area contributed by atoms with Gasteiger partial charge in [0.15, 0.2) is 0 Å². The molecule has 0 saturated carbocycles. The van der Waals surface area contributed by atoms with E-state index in [1.54, 1.807) is 0 Å². The summed E-state index contributed by atoms with van der Waals surface area (Å²) >= 11 is 0. The molecule has 1 heterocycles. The molecular formula is C14H16N2O2. The minimum atomic E-state index is -0.628. The minimum absolute atomic E-state index is 0.397. The molecule has 1 atom stereocenters. The molecule has 18 heavy (non-hydrogen) atoms. The third-order valence-electron chi connectivity index (χ3n) is 2.77. The Hall–Kier alpha value is -2.07. The van der Waals surface area contributed by atoms with Crippen molar-refractivity contribution in [2.24, 2.45) is 5.73 Å². The number of nitrogens with one attached hydrogen (secondary N) is 1. The summed E-state index contributed by atoms with van der Waals surface area (Å²) in [7, 11) is 1.34. The Labute approximate surface area is 106 Å². The molecule has 0 radical (unpaired) electrons. The number of carbonyl (C=O) groups excluding carboxylic acids is 1. The van der Waals surface area contributed by atoms with Crippen LogP contribution in [0.4, 0.5) is 0 Å². The average molecular weight is 244 g/mol. The van der Waals surface area contributed by atoms with E-state index in [9.17, 15) is 4.79 Å². The van der Waals surface area contributed by atoms with Crippen molar-refractivity contribution in [3.8, 4) is 11.3 Å². The van der Waals surface area contributed by atoms with Gasteiger partial charge in [0.25, 0.3) is 0 Å². The number of esters is 1. The second kappa shape index (κ2) is 5.51. The van der Waals surface area contributed by atoms with Gasteiger partial charge >= 0.3 is 5.97 Å². The summed E-state index contributed by atoms with van der Waals surface area (Å²) in [5.74, 6) is -0.397. The molecule has 2 rings (SSSR count). The number of methoxy groups -OCH3 is 1. The number of hydrogen-bond donors (Lipinski definition) is 2. The van der Waals surface area contributed by atoms with Crippen LogP contribution in [-0.4, -0.2) is 24.1 Å². The highest BCUT2D eigenvalue weighted by atomic mass is 16.5. The number of ether oxygens (including phenoxy) is 1. The van der Waals surface area contributed by atoms with E-state index < -0.39 is 12.0 Å². The maximum absolute atomic E-state index is 11.2. The van der Waals surface area contributed by atoms with Gasteiger partial charge in [-0.2, -0.15) is 0 Å². The molecule has 3 N–H and O–H groups in total. The first kappa shape index (κ1) is 12.4. The lowest BCUT2D eigenvalue weighted by molar-refractivity contribution is -0.142. The zero-order valence-corrected chi connectivity index (χ0v) is 10.2. The summed E-state index contributed by atoms with van der Waals surface area (Å²) in [4.78, 5) is 14.5. The van der Waals surface area contributed by atoms with E-state index in [-0.39, 0.29) is 0 Å². The molecule has 4 nitrogen and oxygen atoms in total. The normalized spacial score (nSPS) is 12.1. The Morgan fingerprint density at radius 2 is 2.00 bits per heavy atom. The van der Waals surface area contributed by atoms with Crippen molar-refractivity contribution in [2.45, 2.75) is 12.5 Å². The van der Waals surface area contributed by atoms with Gasteiger partial charge in [-0.1, -0.05) is 30.3 Å². The second-order valence-corrected chi connectivity index (χ2v) is 4.10. The first-order valence-electron chi connectivity index (χ1n) is 5.77. The van der Waals surface area contributed by atoms with Crippen molar-refractivity contribution in [3.05, 3.63) is 48.2 Å². The van der Waals surface area contributed by atoms with Gasteiger partial charge in [-0.05, 0) is 17.7 Å².